The van der Waals surface area contributed by atoms with Gasteiger partial charge in [-0.25, -0.2) is 0 Å². The van der Waals surface area contributed by atoms with E-state index in [0.717, 1.165) is 27.0 Å². The molecule has 0 bridgehead atoms. The minimum atomic E-state index is -0.451. The van der Waals surface area contributed by atoms with Gasteiger partial charge in [0, 0.05) is 17.2 Å². The number of benzene rings is 1. The van der Waals surface area contributed by atoms with Gasteiger partial charge in [-0.15, -0.1) is 0 Å². The van der Waals surface area contributed by atoms with Crippen molar-refractivity contribution in [2.45, 2.75) is 45.3 Å². The van der Waals surface area contributed by atoms with Gasteiger partial charge in [0.25, 0.3) is 0 Å². The molecule has 0 fully saturated rings. The van der Waals surface area contributed by atoms with Gasteiger partial charge in [0.1, 0.15) is 5.75 Å². The molecule has 0 aromatic heterocycles. The molecule has 1 heterocycles. The van der Waals surface area contributed by atoms with Crippen LogP contribution in [0.2, 0.25) is 0 Å². The zero-order chi connectivity index (χ0) is 13.7. The molecule has 0 aliphatic carbocycles. The molecule has 0 spiro atoms. The van der Waals surface area contributed by atoms with E-state index in [1.165, 1.54) is 0 Å². The number of ether oxygens (including phenoxy) is 1. The standard InChI is InChI=1S/C14H20BrNO2/c1-7-6-9(15)12(18-5)10-8(2)13(17)14(3,4)16-11(7)10/h6,8,13,16-17H,1-5H3/t8-,13+/m1/s1. The van der Waals surface area contributed by atoms with Gasteiger partial charge in [0.2, 0.25) is 0 Å². The number of hydrogen-bond donors (Lipinski definition) is 2. The van der Waals surface area contributed by atoms with Gasteiger partial charge in [-0.1, -0.05) is 6.92 Å². The summed E-state index contributed by atoms with van der Waals surface area (Å²) < 4.78 is 6.42. The Hall–Kier alpha value is -0.740. The average Bonchev–Trinajstić information content (AvgIpc) is 2.28. The van der Waals surface area contributed by atoms with Crippen LogP contribution in [-0.2, 0) is 0 Å². The van der Waals surface area contributed by atoms with Crippen LogP contribution in [0.3, 0.4) is 0 Å². The first-order valence-corrected chi connectivity index (χ1v) is 6.92. The molecule has 0 unspecified atom stereocenters. The molecule has 0 saturated heterocycles. The Labute approximate surface area is 117 Å². The summed E-state index contributed by atoms with van der Waals surface area (Å²) in [4.78, 5) is 0. The Kier molecular flexibility index (Phi) is 3.36. The van der Waals surface area contributed by atoms with Gasteiger partial charge >= 0.3 is 0 Å². The molecule has 0 amide bonds. The second-order valence-corrected chi connectivity index (χ2v) is 6.43. The fourth-order valence-electron chi connectivity index (χ4n) is 2.77. The Morgan fingerprint density at radius 3 is 2.61 bits per heavy atom. The number of anilines is 1. The number of aryl methyl sites for hydroxylation is 1. The fourth-order valence-corrected chi connectivity index (χ4v) is 3.49. The molecule has 18 heavy (non-hydrogen) atoms. The lowest BCUT2D eigenvalue weighted by molar-refractivity contribution is 0.0857. The van der Waals surface area contributed by atoms with Crippen molar-refractivity contribution >= 4 is 21.6 Å². The Balaban J connectivity index is 2.70. The van der Waals surface area contributed by atoms with Crippen molar-refractivity contribution in [1.29, 1.82) is 0 Å². The molecule has 2 N–H and O–H groups in total. The third kappa shape index (κ3) is 1.91. The minimum absolute atomic E-state index is 0.0300. The summed E-state index contributed by atoms with van der Waals surface area (Å²) in [6.07, 6.45) is -0.451. The molecule has 0 radical (unpaired) electrons. The number of aliphatic hydroxyl groups is 1. The van der Waals surface area contributed by atoms with Crippen LogP contribution >= 0.6 is 15.9 Å². The van der Waals surface area contributed by atoms with E-state index < -0.39 is 6.10 Å². The number of methoxy groups -OCH3 is 1. The highest BCUT2D eigenvalue weighted by atomic mass is 79.9. The second kappa shape index (κ2) is 4.42. The fraction of sp³-hybridized carbons (Fsp3) is 0.571. The molecule has 1 aliphatic rings. The van der Waals surface area contributed by atoms with Crippen molar-refractivity contribution in [3.63, 3.8) is 0 Å². The second-order valence-electron chi connectivity index (χ2n) is 5.58. The van der Waals surface area contributed by atoms with Crippen LogP contribution in [0.5, 0.6) is 5.75 Å². The average molecular weight is 314 g/mol. The van der Waals surface area contributed by atoms with Crippen molar-refractivity contribution < 1.29 is 9.84 Å². The van der Waals surface area contributed by atoms with Gasteiger partial charge in [-0.3, -0.25) is 0 Å². The van der Waals surface area contributed by atoms with Crippen LogP contribution < -0.4 is 10.1 Å². The normalized spacial score (nSPS) is 25.3. The number of aliphatic hydroxyl groups excluding tert-OH is 1. The first kappa shape index (κ1) is 13.7. The van der Waals surface area contributed by atoms with E-state index in [0.29, 0.717) is 0 Å². The number of hydrogen-bond acceptors (Lipinski definition) is 3. The third-order valence-corrected chi connectivity index (χ3v) is 4.38. The van der Waals surface area contributed by atoms with E-state index in [-0.39, 0.29) is 11.5 Å². The molecule has 1 aromatic rings. The molecule has 100 valence electrons. The topological polar surface area (TPSA) is 41.5 Å². The number of halogens is 1. The number of fused-ring (bicyclic) bond motifs is 1. The van der Waals surface area contributed by atoms with E-state index >= 15 is 0 Å². The molecule has 0 saturated carbocycles. The Morgan fingerprint density at radius 2 is 2.06 bits per heavy atom. The lowest BCUT2D eigenvalue weighted by Crippen LogP contribution is -2.50. The summed E-state index contributed by atoms with van der Waals surface area (Å²) in [5, 5.41) is 13.9. The molecule has 1 aliphatic heterocycles. The SMILES string of the molecule is COc1c(Br)cc(C)c2c1[C@@H](C)[C@H](O)C(C)(C)N2. The van der Waals surface area contributed by atoms with Crippen molar-refractivity contribution in [2.24, 2.45) is 0 Å². The molecule has 2 rings (SSSR count). The first-order valence-electron chi connectivity index (χ1n) is 6.12. The first-order chi connectivity index (χ1) is 8.29. The van der Waals surface area contributed by atoms with Crippen LogP contribution in [-0.4, -0.2) is 23.9 Å². The van der Waals surface area contributed by atoms with E-state index in [1.807, 2.05) is 26.8 Å². The van der Waals surface area contributed by atoms with E-state index in [9.17, 15) is 5.11 Å². The summed E-state index contributed by atoms with van der Waals surface area (Å²) in [5.41, 5.74) is 2.95. The van der Waals surface area contributed by atoms with Crippen molar-refractivity contribution in [1.82, 2.24) is 0 Å². The lowest BCUT2D eigenvalue weighted by atomic mass is 9.78. The smallest absolute Gasteiger partial charge is 0.138 e. The molecule has 4 heteroatoms. The summed E-state index contributed by atoms with van der Waals surface area (Å²) in [7, 11) is 1.66. The molecule has 3 nitrogen and oxygen atoms in total. The molecular formula is C14H20BrNO2. The van der Waals surface area contributed by atoms with E-state index in [1.54, 1.807) is 7.11 Å². The maximum atomic E-state index is 10.4. The van der Waals surface area contributed by atoms with Gasteiger partial charge in [0.05, 0.1) is 23.2 Å². The monoisotopic (exact) mass is 313 g/mol. The highest BCUT2D eigenvalue weighted by Crippen LogP contribution is 2.48. The summed E-state index contributed by atoms with van der Waals surface area (Å²) in [6.45, 7) is 8.15. The predicted octanol–water partition coefficient (Wildman–Crippen LogP) is 3.43. The molecule has 1 aromatic carbocycles. The van der Waals surface area contributed by atoms with Crippen LogP contribution in [0.1, 0.15) is 37.8 Å². The van der Waals surface area contributed by atoms with E-state index in [2.05, 4.69) is 28.2 Å². The van der Waals surface area contributed by atoms with Crippen LogP contribution in [0.25, 0.3) is 0 Å². The third-order valence-electron chi connectivity index (χ3n) is 3.79. The number of nitrogens with one attached hydrogen (secondary N) is 1. The Morgan fingerprint density at radius 1 is 1.44 bits per heavy atom. The summed E-state index contributed by atoms with van der Waals surface area (Å²) in [6, 6.07) is 2.05. The Bertz CT molecular complexity index is 485. The van der Waals surface area contributed by atoms with Crippen LogP contribution in [0.4, 0.5) is 5.69 Å². The van der Waals surface area contributed by atoms with Gasteiger partial charge in [-0.05, 0) is 48.3 Å². The maximum absolute atomic E-state index is 10.4. The number of rotatable bonds is 1. The molecular weight excluding hydrogens is 294 g/mol. The van der Waals surface area contributed by atoms with Crippen LogP contribution in [0.15, 0.2) is 10.5 Å². The predicted molar refractivity (Wildman–Crippen MR) is 77.6 cm³/mol. The van der Waals surface area contributed by atoms with Crippen LogP contribution in [0, 0.1) is 6.92 Å². The summed E-state index contributed by atoms with van der Waals surface area (Å²) >= 11 is 3.53. The van der Waals surface area contributed by atoms with Gasteiger partial charge in [-0.2, -0.15) is 0 Å². The maximum Gasteiger partial charge on any atom is 0.138 e. The highest BCUT2D eigenvalue weighted by Gasteiger charge is 2.41. The van der Waals surface area contributed by atoms with Crippen molar-refractivity contribution in [3.05, 3.63) is 21.7 Å². The van der Waals surface area contributed by atoms with E-state index in [4.69, 9.17) is 4.74 Å². The summed E-state index contributed by atoms with van der Waals surface area (Å²) in [5.74, 6) is 0.840. The van der Waals surface area contributed by atoms with Crippen molar-refractivity contribution in [3.8, 4) is 5.75 Å². The lowest BCUT2D eigenvalue weighted by Gasteiger charge is -2.43. The largest absolute Gasteiger partial charge is 0.495 e. The van der Waals surface area contributed by atoms with Gasteiger partial charge < -0.3 is 15.2 Å². The quantitative estimate of drug-likeness (QED) is 0.834. The van der Waals surface area contributed by atoms with Crippen molar-refractivity contribution in [2.75, 3.05) is 12.4 Å². The highest BCUT2D eigenvalue weighted by molar-refractivity contribution is 9.10. The molecule has 2 atom stereocenters. The minimum Gasteiger partial charge on any atom is -0.495 e. The van der Waals surface area contributed by atoms with Gasteiger partial charge in [0.15, 0.2) is 0 Å². The zero-order valence-corrected chi connectivity index (χ0v) is 13.1. The zero-order valence-electron chi connectivity index (χ0n) is 11.5.